The van der Waals surface area contributed by atoms with E-state index in [2.05, 4.69) is 20.0 Å². The van der Waals surface area contributed by atoms with Crippen LogP contribution in [0.5, 0.6) is 5.75 Å². The Labute approximate surface area is 162 Å². The maximum atomic E-state index is 12.6. The number of carbonyl (C=O) groups excluding carboxylic acids is 1. The molecule has 0 bridgehead atoms. The fraction of sp³-hybridized carbons (Fsp3) is 0.105. The smallest absolute Gasteiger partial charge is 0.263 e. The molecule has 0 saturated carbocycles. The number of anilines is 1. The van der Waals surface area contributed by atoms with Gasteiger partial charge in [-0.15, -0.1) is 0 Å². The molecular weight excluding hydrogens is 380 g/mol. The molecule has 0 saturated heterocycles. The van der Waals surface area contributed by atoms with Crippen LogP contribution >= 0.6 is 0 Å². The predicted octanol–water partition coefficient (Wildman–Crippen LogP) is 2.31. The Kier molecular flexibility index (Phi) is 5.55. The van der Waals surface area contributed by atoms with Crippen molar-refractivity contribution in [2.75, 3.05) is 18.9 Å². The highest BCUT2D eigenvalue weighted by atomic mass is 32.2. The summed E-state index contributed by atoms with van der Waals surface area (Å²) in [5.41, 5.74) is 1.72. The van der Waals surface area contributed by atoms with Gasteiger partial charge < -0.3 is 10.1 Å². The molecule has 28 heavy (non-hydrogen) atoms. The first-order valence-electron chi connectivity index (χ1n) is 8.24. The van der Waals surface area contributed by atoms with Crippen LogP contribution in [0.1, 0.15) is 10.4 Å². The molecule has 2 N–H and O–H groups in total. The molecule has 0 unspecified atom stereocenters. The van der Waals surface area contributed by atoms with Crippen molar-refractivity contribution in [2.24, 2.45) is 0 Å². The Bertz CT molecular complexity index is 1080. The normalized spacial score (nSPS) is 10.9. The number of hydrogen-bond donors (Lipinski definition) is 2. The van der Waals surface area contributed by atoms with E-state index in [4.69, 9.17) is 4.74 Å². The number of carbonyl (C=O) groups is 1. The van der Waals surface area contributed by atoms with Crippen molar-refractivity contribution in [3.05, 3.63) is 66.5 Å². The monoisotopic (exact) mass is 398 g/mol. The summed E-state index contributed by atoms with van der Waals surface area (Å²) in [6, 6.07) is 14.3. The highest BCUT2D eigenvalue weighted by Crippen LogP contribution is 2.23. The molecule has 0 spiro atoms. The van der Waals surface area contributed by atoms with E-state index < -0.39 is 10.0 Å². The Balaban J connectivity index is 1.83. The van der Waals surface area contributed by atoms with Crippen LogP contribution in [0.15, 0.2) is 65.8 Å². The largest absolute Gasteiger partial charge is 0.497 e. The molecule has 0 atom stereocenters. The van der Waals surface area contributed by atoms with E-state index >= 15 is 0 Å². The Morgan fingerprint density at radius 1 is 1.00 bits per heavy atom. The van der Waals surface area contributed by atoms with Crippen molar-refractivity contribution in [2.45, 2.75) is 4.90 Å². The second-order valence-electron chi connectivity index (χ2n) is 5.73. The van der Waals surface area contributed by atoms with Crippen LogP contribution in [-0.4, -0.2) is 38.5 Å². The van der Waals surface area contributed by atoms with Crippen molar-refractivity contribution in [3.63, 3.8) is 0 Å². The maximum absolute atomic E-state index is 12.6. The number of nitrogens with zero attached hydrogens (tertiary/aromatic N) is 2. The van der Waals surface area contributed by atoms with Crippen LogP contribution in [0.2, 0.25) is 0 Å². The molecule has 9 heteroatoms. The molecular formula is C19H18N4O4S. The molecule has 2 aromatic carbocycles. The summed E-state index contributed by atoms with van der Waals surface area (Å²) in [7, 11) is -0.783. The van der Waals surface area contributed by atoms with Crippen molar-refractivity contribution < 1.29 is 17.9 Å². The van der Waals surface area contributed by atoms with E-state index in [0.717, 1.165) is 5.56 Å². The first-order chi connectivity index (χ1) is 13.4. The minimum Gasteiger partial charge on any atom is -0.497 e. The van der Waals surface area contributed by atoms with Crippen molar-refractivity contribution in [1.82, 2.24) is 15.3 Å². The second kappa shape index (κ2) is 8.05. The van der Waals surface area contributed by atoms with Gasteiger partial charge in [0, 0.05) is 24.2 Å². The van der Waals surface area contributed by atoms with Crippen molar-refractivity contribution in [1.29, 1.82) is 0 Å². The highest BCUT2D eigenvalue weighted by molar-refractivity contribution is 7.92. The van der Waals surface area contributed by atoms with Gasteiger partial charge in [-0.1, -0.05) is 0 Å². The number of rotatable bonds is 6. The zero-order valence-corrected chi connectivity index (χ0v) is 16.0. The molecule has 0 fully saturated rings. The number of amides is 1. The molecule has 3 aromatic rings. The number of hydrogen-bond acceptors (Lipinski definition) is 6. The molecule has 1 aromatic heterocycles. The minimum absolute atomic E-state index is 0.0183. The van der Waals surface area contributed by atoms with Gasteiger partial charge in [-0.2, -0.15) is 0 Å². The molecule has 0 aliphatic carbocycles. The van der Waals surface area contributed by atoms with Crippen molar-refractivity contribution >= 4 is 21.7 Å². The Morgan fingerprint density at radius 2 is 1.68 bits per heavy atom. The lowest BCUT2D eigenvalue weighted by atomic mass is 10.1. The predicted molar refractivity (Wildman–Crippen MR) is 105 cm³/mol. The zero-order valence-electron chi connectivity index (χ0n) is 15.2. The molecule has 0 aliphatic rings. The average molecular weight is 398 g/mol. The zero-order chi connectivity index (χ0) is 20.1. The van der Waals surface area contributed by atoms with Gasteiger partial charge in [0.2, 0.25) is 0 Å². The molecule has 3 rings (SSSR count). The Hall–Kier alpha value is -3.46. The SMILES string of the molecule is CNC(=O)c1ccc(S(=O)(=O)Nc2cc(-c3ccc(OC)cc3)ncn2)cc1. The number of aromatic nitrogens is 2. The molecule has 144 valence electrons. The summed E-state index contributed by atoms with van der Waals surface area (Å²) in [5.74, 6) is 0.548. The van der Waals surface area contributed by atoms with Crippen LogP contribution in [0.4, 0.5) is 5.82 Å². The second-order valence-corrected chi connectivity index (χ2v) is 7.41. The number of ether oxygens (including phenoxy) is 1. The molecule has 0 aliphatic heterocycles. The van der Waals surface area contributed by atoms with Gasteiger partial charge in [0.25, 0.3) is 15.9 Å². The van der Waals surface area contributed by atoms with Crippen LogP contribution in [0.3, 0.4) is 0 Å². The molecule has 1 heterocycles. The van der Waals surface area contributed by atoms with Crippen LogP contribution in [0, 0.1) is 0 Å². The molecule has 1 amide bonds. The van der Waals surface area contributed by atoms with Gasteiger partial charge in [0.05, 0.1) is 17.7 Å². The summed E-state index contributed by atoms with van der Waals surface area (Å²) >= 11 is 0. The summed E-state index contributed by atoms with van der Waals surface area (Å²) in [4.78, 5) is 19.8. The van der Waals surface area contributed by atoms with E-state index in [0.29, 0.717) is 17.0 Å². The standard InChI is InChI=1S/C19H18N4O4S/c1-20-19(24)14-5-9-16(10-6-14)28(25,26)23-18-11-17(21-12-22-18)13-3-7-15(27-2)8-4-13/h3-12H,1-2H3,(H,20,24)(H,21,22,23). The highest BCUT2D eigenvalue weighted by Gasteiger charge is 2.16. The van der Waals surface area contributed by atoms with E-state index in [1.807, 2.05) is 12.1 Å². The van der Waals surface area contributed by atoms with Gasteiger partial charge in [-0.3, -0.25) is 9.52 Å². The fourth-order valence-corrected chi connectivity index (χ4v) is 3.46. The number of benzene rings is 2. The summed E-state index contributed by atoms with van der Waals surface area (Å²) in [6.45, 7) is 0. The van der Waals surface area contributed by atoms with E-state index in [-0.39, 0.29) is 16.6 Å². The summed E-state index contributed by atoms with van der Waals surface area (Å²) in [6.07, 6.45) is 1.28. The van der Waals surface area contributed by atoms with E-state index in [1.165, 1.54) is 43.7 Å². The molecule has 8 nitrogen and oxygen atoms in total. The number of methoxy groups -OCH3 is 1. The van der Waals surface area contributed by atoms with Gasteiger partial charge in [-0.05, 0) is 48.5 Å². The van der Waals surface area contributed by atoms with Gasteiger partial charge in [0.1, 0.15) is 17.9 Å². The van der Waals surface area contributed by atoms with Crippen LogP contribution < -0.4 is 14.8 Å². The first-order valence-corrected chi connectivity index (χ1v) is 9.72. The van der Waals surface area contributed by atoms with E-state index in [1.54, 1.807) is 19.2 Å². The van der Waals surface area contributed by atoms with Gasteiger partial charge in [0.15, 0.2) is 0 Å². The molecule has 0 radical (unpaired) electrons. The topological polar surface area (TPSA) is 110 Å². The van der Waals surface area contributed by atoms with Crippen LogP contribution in [0.25, 0.3) is 11.3 Å². The third-order valence-corrected chi connectivity index (χ3v) is 5.32. The first kappa shape index (κ1) is 19.3. The lowest BCUT2D eigenvalue weighted by Crippen LogP contribution is -2.18. The van der Waals surface area contributed by atoms with Gasteiger partial charge in [-0.25, -0.2) is 18.4 Å². The lowest BCUT2D eigenvalue weighted by molar-refractivity contribution is 0.0963. The maximum Gasteiger partial charge on any atom is 0.263 e. The van der Waals surface area contributed by atoms with Gasteiger partial charge >= 0.3 is 0 Å². The fourth-order valence-electron chi connectivity index (χ4n) is 2.46. The number of nitrogens with one attached hydrogen (secondary N) is 2. The third-order valence-electron chi connectivity index (χ3n) is 3.95. The lowest BCUT2D eigenvalue weighted by Gasteiger charge is -2.09. The van der Waals surface area contributed by atoms with Crippen LogP contribution in [-0.2, 0) is 10.0 Å². The summed E-state index contributed by atoms with van der Waals surface area (Å²) < 4.78 is 32.7. The van der Waals surface area contributed by atoms with Crippen molar-refractivity contribution in [3.8, 4) is 17.0 Å². The number of sulfonamides is 1. The quantitative estimate of drug-likeness (QED) is 0.659. The Morgan fingerprint density at radius 3 is 2.29 bits per heavy atom. The average Bonchev–Trinajstić information content (AvgIpc) is 2.73. The van der Waals surface area contributed by atoms with E-state index in [9.17, 15) is 13.2 Å². The summed E-state index contributed by atoms with van der Waals surface area (Å²) in [5, 5.41) is 2.48. The minimum atomic E-state index is -3.86. The third kappa shape index (κ3) is 4.26.